The van der Waals surface area contributed by atoms with Gasteiger partial charge in [-0.2, -0.15) is 0 Å². The van der Waals surface area contributed by atoms with Crippen molar-refractivity contribution < 1.29 is 24.2 Å². The van der Waals surface area contributed by atoms with E-state index in [1.807, 2.05) is 75.4 Å². The quantitative estimate of drug-likeness (QED) is 0.172. The van der Waals surface area contributed by atoms with Gasteiger partial charge >= 0.3 is 0 Å². The van der Waals surface area contributed by atoms with Gasteiger partial charge in [0.15, 0.2) is 0 Å². The van der Waals surface area contributed by atoms with Crippen LogP contribution in [0.2, 0.25) is 0 Å². The van der Waals surface area contributed by atoms with Gasteiger partial charge in [-0.1, -0.05) is 107 Å². The third kappa shape index (κ3) is 13.6. The van der Waals surface area contributed by atoms with Crippen LogP contribution in [-0.2, 0) is 20.8 Å². The topological polar surface area (TPSA) is 117 Å². The fourth-order valence-corrected chi connectivity index (χ4v) is 6.20. The van der Waals surface area contributed by atoms with Gasteiger partial charge in [-0.25, -0.2) is 0 Å². The van der Waals surface area contributed by atoms with Crippen molar-refractivity contribution in [2.45, 2.75) is 123 Å². The number of hydrogen-bond acceptors (Lipinski definition) is 5. The lowest BCUT2D eigenvalue weighted by atomic mass is 9.85. The molecule has 0 heterocycles. The summed E-state index contributed by atoms with van der Waals surface area (Å²) < 4.78 is 5.76. The summed E-state index contributed by atoms with van der Waals surface area (Å²) in [6, 6.07) is 16.0. The molecule has 1 fully saturated rings. The van der Waals surface area contributed by atoms with Crippen molar-refractivity contribution in [2.24, 2.45) is 11.8 Å². The average molecular weight is 622 g/mol. The highest BCUT2D eigenvalue weighted by Crippen LogP contribution is 2.28. The molecular weight excluding hydrogens is 566 g/mol. The lowest BCUT2D eigenvalue weighted by Crippen LogP contribution is -2.53. The van der Waals surface area contributed by atoms with Gasteiger partial charge in [0, 0.05) is 13.0 Å². The molecule has 8 nitrogen and oxygen atoms in total. The Kier molecular flexibility index (Phi) is 15.4. The highest BCUT2D eigenvalue weighted by molar-refractivity contribution is 5.87. The SMILES string of the molecule is CC(=O)NC(C(=O)NC(CCCC1CCCCC1)C[C@H](O)C(Cc1ccccc1)NC(=O)CCOc1ccc(C)cc1)C(C)C. The summed E-state index contributed by atoms with van der Waals surface area (Å²) in [7, 11) is 0. The van der Waals surface area contributed by atoms with E-state index in [-0.39, 0.29) is 42.7 Å². The van der Waals surface area contributed by atoms with Crippen LogP contribution in [0, 0.1) is 18.8 Å². The summed E-state index contributed by atoms with van der Waals surface area (Å²) >= 11 is 0. The van der Waals surface area contributed by atoms with E-state index in [4.69, 9.17) is 4.74 Å². The normalized spacial score (nSPS) is 16.3. The van der Waals surface area contributed by atoms with Crippen molar-refractivity contribution in [2.75, 3.05) is 6.61 Å². The Morgan fingerprint density at radius 3 is 2.27 bits per heavy atom. The van der Waals surface area contributed by atoms with Crippen molar-refractivity contribution in [3.63, 3.8) is 0 Å². The molecule has 2 aromatic carbocycles. The molecule has 4 atom stereocenters. The molecule has 0 radical (unpaired) electrons. The fraction of sp³-hybridized carbons (Fsp3) is 0.595. The first-order valence-electron chi connectivity index (χ1n) is 16.9. The third-order valence-corrected chi connectivity index (χ3v) is 8.80. The predicted molar refractivity (Wildman–Crippen MR) is 179 cm³/mol. The van der Waals surface area contributed by atoms with Crippen LogP contribution < -0.4 is 20.7 Å². The van der Waals surface area contributed by atoms with Gasteiger partial charge in [-0.3, -0.25) is 14.4 Å². The van der Waals surface area contributed by atoms with Gasteiger partial charge in [0.25, 0.3) is 0 Å². The Bertz CT molecular complexity index is 1160. The number of carbonyl (C=O) groups excluding carboxylic acids is 3. The Morgan fingerprint density at radius 2 is 1.62 bits per heavy atom. The van der Waals surface area contributed by atoms with Crippen LogP contribution in [0.25, 0.3) is 0 Å². The van der Waals surface area contributed by atoms with Crippen molar-refractivity contribution in [1.29, 1.82) is 0 Å². The summed E-state index contributed by atoms with van der Waals surface area (Å²) in [5, 5.41) is 20.6. The lowest BCUT2D eigenvalue weighted by molar-refractivity contribution is -0.130. The number of amides is 3. The molecule has 0 saturated heterocycles. The van der Waals surface area contributed by atoms with Gasteiger partial charge in [0.1, 0.15) is 11.8 Å². The van der Waals surface area contributed by atoms with Crippen molar-refractivity contribution in [3.8, 4) is 5.75 Å². The summed E-state index contributed by atoms with van der Waals surface area (Å²) in [5.41, 5.74) is 2.14. The van der Waals surface area contributed by atoms with Gasteiger partial charge in [-0.05, 0) is 55.7 Å². The maximum Gasteiger partial charge on any atom is 0.243 e. The van der Waals surface area contributed by atoms with Crippen molar-refractivity contribution in [1.82, 2.24) is 16.0 Å². The van der Waals surface area contributed by atoms with Crippen LogP contribution in [0.1, 0.15) is 96.1 Å². The zero-order chi connectivity index (χ0) is 32.6. The van der Waals surface area contributed by atoms with Crippen LogP contribution in [-0.4, -0.2) is 53.7 Å². The van der Waals surface area contributed by atoms with E-state index in [1.165, 1.54) is 39.0 Å². The van der Waals surface area contributed by atoms with E-state index in [1.54, 1.807) is 0 Å². The molecular formula is C37H55N3O5. The fourth-order valence-electron chi connectivity index (χ4n) is 6.20. The Balaban J connectivity index is 1.68. The molecule has 45 heavy (non-hydrogen) atoms. The number of hydrogen-bond donors (Lipinski definition) is 4. The van der Waals surface area contributed by atoms with Gasteiger partial charge in [0.2, 0.25) is 17.7 Å². The van der Waals surface area contributed by atoms with E-state index < -0.39 is 18.2 Å². The first-order chi connectivity index (χ1) is 21.6. The van der Waals surface area contributed by atoms with Crippen LogP contribution in [0.3, 0.4) is 0 Å². The third-order valence-electron chi connectivity index (χ3n) is 8.80. The summed E-state index contributed by atoms with van der Waals surface area (Å²) in [6.07, 6.45) is 9.18. The molecule has 0 bridgehead atoms. The maximum atomic E-state index is 13.4. The molecule has 4 N–H and O–H groups in total. The zero-order valence-electron chi connectivity index (χ0n) is 27.7. The number of aliphatic hydroxyl groups is 1. The summed E-state index contributed by atoms with van der Waals surface area (Å²) in [5.74, 6) is 0.635. The Morgan fingerprint density at radius 1 is 0.933 bits per heavy atom. The number of nitrogens with one attached hydrogen (secondary N) is 3. The molecule has 1 saturated carbocycles. The average Bonchev–Trinajstić information content (AvgIpc) is 3.01. The number of carbonyl (C=O) groups is 3. The van der Waals surface area contributed by atoms with E-state index >= 15 is 0 Å². The van der Waals surface area contributed by atoms with E-state index in [0.717, 1.165) is 36.3 Å². The minimum absolute atomic E-state index is 0.0889. The second-order valence-corrected chi connectivity index (χ2v) is 13.1. The van der Waals surface area contributed by atoms with Crippen molar-refractivity contribution in [3.05, 3.63) is 65.7 Å². The molecule has 0 aromatic heterocycles. The monoisotopic (exact) mass is 621 g/mol. The predicted octanol–water partition coefficient (Wildman–Crippen LogP) is 5.64. The van der Waals surface area contributed by atoms with E-state index in [2.05, 4.69) is 16.0 Å². The lowest BCUT2D eigenvalue weighted by Gasteiger charge is -2.30. The number of aryl methyl sites for hydroxylation is 1. The number of ether oxygens (including phenoxy) is 1. The summed E-state index contributed by atoms with van der Waals surface area (Å²) in [4.78, 5) is 38.3. The van der Waals surface area contributed by atoms with E-state index in [9.17, 15) is 19.5 Å². The molecule has 3 amide bonds. The largest absolute Gasteiger partial charge is 0.493 e. The van der Waals surface area contributed by atoms with Crippen LogP contribution in [0.5, 0.6) is 5.75 Å². The van der Waals surface area contributed by atoms with Gasteiger partial charge < -0.3 is 25.8 Å². The highest BCUT2D eigenvalue weighted by atomic mass is 16.5. The standard InChI is InChI=1S/C37H55N3O5/c1-26(2)36(38-28(4)41)37(44)39-31(17-11-16-29-12-7-5-8-13-29)25-34(42)33(24-30-14-9-6-10-15-30)40-35(43)22-23-45-32-20-18-27(3)19-21-32/h6,9-10,14-15,18-21,26,29,31,33-34,36,42H,5,7-8,11-13,16-17,22-25H2,1-4H3,(H,38,41)(H,39,44)(H,40,43)/t31?,33?,34-,36?/m0/s1. The zero-order valence-corrected chi connectivity index (χ0v) is 27.7. The van der Waals surface area contributed by atoms with Gasteiger partial charge in [0.05, 0.1) is 25.2 Å². The Labute approximate surface area is 270 Å². The minimum atomic E-state index is -0.898. The molecule has 0 spiro atoms. The molecule has 3 rings (SSSR count). The van der Waals surface area contributed by atoms with E-state index in [0.29, 0.717) is 18.6 Å². The molecule has 248 valence electrons. The molecule has 2 aromatic rings. The molecule has 8 heteroatoms. The van der Waals surface area contributed by atoms with Crippen LogP contribution >= 0.6 is 0 Å². The molecule has 3 unspecified atom stereocenters. The first-order valence-corrected chi connectivity index (χ1v) is 16.9. The van der Waals surface area contributed by atoms with Crippen LogP contribution in [0.4, 0.5) is 0 Å². The number of aliphatic hydroxyl groups excluding tert-OH is 1. The number of benzene rings is 2. The highest BCUT2D eigenvalue weighted by Gasteiger charge is 2.29. The molecule has 1 aliphatic carbocycles. The van der Waals surface area contributed by atoms with Crippen LogP contribution in [0.15, 0.2) is 54.6 Å². The molecule has 1 aliphatic rings. The minimum Gasteiger partial charge on any atom is -0.493 e. The Hall–Kier alpha value is -3.39. The second kappa shape index (κ2) is 19.2. The van der Waals surface area contributed by atoms with Crippen molar-refractivity contribution >= 4 is 17.7 Å². The second-order valence-electron chi connectivity index (χ2n) is 13.1. The first kappa shape index (κ1) is 36.1. The van der Waals surface area contributed by atoms with Gasteiger partial charge in [-0.15, -0.1) is 0 Å². The number of rotatable bonds is 18. The maximum absolute atomic E-state index is 13.4. The summed E-state index contributed by atoms with van der Waals surface area (Å²) in [6.45, 7) is 7.45. The smallest absolute Gasteiger partial charge is 0.243 e. The molecule has 0 aliphatic heterocycles.